The highest BCUT2D eigenvalue weighted by Crippen LogP contribution is 2.20. The Morgan fingerprint density at radius 2 is 1.67 bits per heavy atom. The standard InChI is InChI=1S/C31H31ClN6O4/c1-21(39)36-13-15-37(16-14-36)25-11-12-27-26(18-25)31(42)38(20-33-27)19-29(40)35-28(17-22-7-9-23(32)10-8-22)30(41)34-24-5-3-2-4-6-24/h2-12,18,20,28H,13-17,19H2,1H3,(H,34,41)(H,35,40). The molecule has 1 saturated heterocycles. The van der Waals surface area contributed by atoms with Crippen molar-refractivity contribution in [2.24, 2.45) is 0 Å². The van der Waals surface area contributed by atoms with E-state index >= 15 is 0 Å². The first-order valence-corrected chi connectivity index (χ1v) is 14.0. The average Bonchev–Trinajstić information content (AvgIpc) is 3.00. The second-order valence-electron chi connectivity index (χ2n) is 10.2. The Hall–Kier alpha value is -4.70. The highest BCUT2D eigenvalue weighted by molar-refractivity contribution is 6.30. The summed E-state index contributed by atoms with van der Waals surface area (Å²) in [7, 11) is 0. The number of carbonyl (C=O) groups is 3. The summed E-state index contributed by atoms with van der Waals surface area (Å²) in [5.74, 6) is -0.841. The molecular weight excluding hydrogens is 556 g/mol. The molecule has 0 radical (unpaired) electrons. The number of rotatable bonds is 8. The molecule has 10 nitrogen and oxygen atoms in total. The Morgan fingerprint density at radius 3 is 2.36 bits per heavy atom. The lowest BCUT2D eigenvalue weighted by Crippen LogP contribution is -2.48. The monoisotopic (exact) mass is 586 g/mol. The van der Waals surface area contributed by atoms with Crippen LogP contribution in [0.2, 0.25) is 5.02 Å². The molecule has 0 aliphatic carbocycles. The number of benzene rings is 3. The minimum Gasteiger partial charge on any atom is -0.368 e. The van der Waals surface area contributed by atoms with Crippen molar-refractivity contribution in [1.82, 2.24) is 19.8 Å². The Morgan fingerprint density at radius 1 is 0.952 bits per heavy atom. The molecule has 1 unspecified atom stereocenters. The highest BCUT2D eigenvalue weighted by Gasteiger charge is 2.23. The van der Waals surface area contributed by atoms with Gasteiger partial charge in [0.25, 0.3) is 5.56 Å². The van der Waals surface area contributed by atoms with E-state index in [4.69, 9.17) is 11.6 Å². The van der Waals surface area contributed by atoms with Crippen molar-refractivity contribution in [2.75, 3.05) is 36.4 Å². The van der Waals surface area contributed by atoms with Crippen molar-refractivity contribution < 1.29 is 14.4 Å². The molecule has 11 heteroatoms. The van der Waals surface area contributed by atoms with Gasteiger partial charge < -0.3 is 20.4 Å². The van der Waals surface area contributed by atoms with Gasteiger partial charge in [-0.25, -0.2) is 4.98 Å². The van der Waals surface area contributed by atoms with Gasteiger partial charge in [0.2, 0.25) is 17.7 Å². The van der Waals surface area contributed by atoms with Gasteiger partial charge in [0, 0.05) is 55.9 Å². The number of nitrogens with zero attached hydrogens (tertiary/aromatic N) is 4. The molecule has 3 aromatic carbocycles. The molecule has 0 saturated carbocycles. The van der Waals surface area contributed by atoms with Crippen LogP contribution in [0.1, 0.15) is 12.5 Å². The number of amides is 3. The first-order chi connectivity index (χ1) is 20.3. The van der Waals surface area contributed by atoms with Crippen molar-refractivity contribution in [2.45, 2.75) is 25.9 Å². The highest BCUT2D eigenvalue weighted by atomic mass is 35.5. The van der Waals surface area contributed by atoms with Crippen molar-refractivity contribution in [3.63, 3.8) is 0 Å². The summed E-state index contributed by atoms with van der Waals surface area (Å²) >= 11 is 6.02. The Kier molecular flexibility index (Phi) is 8.83. The van der Waals surface area contributed by atoms with Crippen LogP contribution in [0.3, 0.4) is 0 Å². The molecule has 2 N–H and O–H groups in total. The van der Waals surface area contributed by atoms with E-state index in [0.717, 1.165) is 11.3 Å². The van der Waals surface area contributed by atoms with Gasteiger partial charge in [-0.15, -0.1) is 0 Å². The summed E-state index contributed by atoms with van der Waals surface area (Å²) in [6.07, 6.45) is 1.57. The van der Waals surface area contributed by atoms with E-state index in [9.17, 15) is 19.2 Å². The maximum Gasteiger partial charge on any atom is 0.261 e. The second kappa shape index (κ2) is 12.9. The number of aromatic nitrogens is 2. The van der Waals surface area contributed by atoms with Crippen molar-refractivity contribution in [3.05, 3.63) is 100 Å². The van der Waals surface area contributed by atoms with Gasteiger partial charge >= 0.3 is 0 Å². The molecule has 3 amide bonds. The van der Waals surface area contributed by atoms with E-state index in [2.05, 4.69) is 20.5 Å². The van der Waals surface area contributed by atoms with E-state index in [1.54, 1.807) is 72.5 Å². The predicted molar refractivity (Wildman–Crippen MR) is 163 cm³/mol. The molecule has 5 rings (SSSR count). The Bertz CT molecular complexity index is 1650. The largest absolute Gasteiger partial charge is 0.368 e. The zero-order valence-electron chi connectivity index (χ0n) is 23.1. The summed E-state index contributed by atoms with van der Waals surface area (Å²) in [5, 5.41) is 6.58. The van der Waals surface area contributed by atoms with Crippen LogP contribution < -0.4 is 21.1 Å². The van der Waals surface area contributed by atoms with Crippen LogP contribution in [0.15, 0.2) is 83.9 Å². The van der Waals surface area contributed by atoms with Gasteiger partial charge in [0.15, 0.2) is 0 Å². The minimum absolute atomic E-state index is 0.0477. The molecule has 0 bridgehead atoms. The average molecular weight is 587 g/mol. The predicted octanol–water partition coefficient (Wildman–Crippen LogP) is 3.08. The van der Waals surface area contributed by atoms with E-state index in [1.165, 1.54) is 10.9 Å². The smallest absolute Gasteiger partial charge is 0.261 e. The molecule has 1 aromatic heterocycles. The summed E-state index contributed by atoms with van der Waals surface area (Å²) in [6, 6.07) is 20.6. The van der Waals surface area contributed by atoms with Gasteiger partial charge in [-0.05, 0) is 48.0 Å². The Balaban J connectivity index is 1.32. The lowest BCUT2D eigenvalue weighted by Gasteiger charge is -2.35. The van der Waals surface area contributed by atoms with Gasteiger partial charge in [-0.3, -0.25) is 23.7 Å². The molecule has 1 atom stereocenters. The van der Waals surface area contributed by atoms with Gasteiger partial charge in [-0.1, -0.05) is 41.9 Å². The fourth-order valence-corrected chi connectivity index (χ4v) is 5.07. The molecule has 216 valence electrons. The summed E-state index contributed by atoms with van der Waals surface area (Å²) in [4.78, 5) is 59.7. The fourth-order valence-electron chi connectivity index (χ4n) is 4.95. The van der Waals surface area contributed by atoms with Crippen LogP contribution in [0, 0.1) is 0 Å². The number of fused-ring (bicyclic) bond motifs is 1. The third-order valence-electron chi connectivity index (χ3n) is 7.26. The molecular formula is C31H31ClN6O4. The maximum atomic E-state index is 13.4. The van der Waals surface area contributed by atoms with E-state index in [-0.39, 0.29) is 30.3 Å². The number of anilines is 2. The third kappa shape index (κ3) is 6.95. The molecule has 4 aromatic rings. The molecule has 1 aliphatic rings. The number of piperazine rings is 1. The zero-order chi connectivity index (χ0) is 29.6. The van der Waals surface area contributed by atoms with Crippen molar-refractivity contribution in [3.8, 4) is 0 Å². The maximum absolute atomic E-state index is 13.4. The van der Waals surface area contributed by atoms with E-state index in [0.29, 0.717) is 47.8 Å². The summed E-state index contributed by atoms with van der Waals surface area (Å²) in [5.41, 5.74) is 2.43. The molecule has 2 heterocycles. The number of nitrogens with one attached hydrogen (secondary N) is 2. The lowest BCUT2D eigenvalue weighted by molar-refractivity contribution is -0.129. The zero-order valence-corrected chi connectivity index (χ0v) is 23.9. The first kappa shape index (κ1) is 28.8. The molecule has 1 aliphatic heterocycles. The number of hydrogen-bond donors (Lipinski definition) is 2. The van der Waals surface area contributed by atoms with Crippen LogP contribution >= 0.6 is 11.6 Å². The summed E-state index contributed by atoms with van der Waals surface area (Å²) in [6.45, 7) is 3.79. The molecule has 42 heavy (non-hydrogen) atoms. The molecule has 1 fully saturated rings. The fraction of sp³-hybridized carbons (Fsp3) is 0.258. The lowest BCUT2D eigenvalue weighted by atomic mass is 10.0. The van der Waals surface area contributed by atoms with E-state index in [1.807, 2.05) is 12.1 Å². The van der Waals surface area contributed by atoms with Crippen LogP contribution in [0.5, 0.6) is 0 Å². The van der Waals surface area contributed by atoms with Crippen LogP contribution in [0.4, 0.5) is 11.4 Å². The van der Waals surface area contributed by atoms with Crippen LogP contribution in [0.25, 0.3) is 10.9 Å². The van der Waals surface area contributed by atoms with Gasteiger partial charge in [0.05, 0.1) is 17.2 Å². The topological polar surface area (TPSA) is 117 Å². The first-order valence-electron chi connectivity index (χ1n) is 13.7. The number of halogens is 1. The van der Waals surface area contributed by atoms with Crippen molar-refractivity contribution in [1.29, 1.82) is 0 Å². The number of hydrogen-bond acceptors (Lipinski definition) is 6. The Labute approximate surface area is 247 Å². The van der Waals surface area contributed by atoms with E-state index < -0.39 is 11.9 Å². The normalized spacial score (nSPS) is 14.0. The number of para-hydroxylation sites is 1. The molecule has 0 spiro atoms. The quantitative estimate of drug-likeness (QED) is 0.328. The third-order valence-corrected chi connectivity index (χ3v) is 7.51. The second-order valence-corrected chi connectivity index (χ2v) is 10.6. The summed E-state index contributed by atoms with van der Waals surface area (Å²) < 4.78 is 1.24. The van der Waals surface area contributed by atoms with Gasteiger partial charge in [0.1, 0.15) is 12.6 Å². The minimum atomic E-state index is -0.900. The number of carbonyl (C=O) groups excluding carboxylic acids is 3. The SMILES string of the molecule is CC(=O)N1CCN(c2ccc3ncn(CC(=O)NC(Cc4ccc(Cl)cc4)C(=O)Nc4ccccc4)c(=O)c3c2)CC1. The van der Waals surface area contributed by atoms with Crippen LogP contribution in [-0.2, 0) is 27.3 Å². The van der Waals surface area contributed by atoms with Gasteiger partial charge in [-0.2, -0.15) is 0 Å². The van der Waals surface area contributed by atoms with Crippen LogP contribution in [-0.4, -0.2) is 64.4 Å². The van der Waals surface area contributed by atoms with Crippen molar-refractivity contribution >= 4 is 51.6 Å².